The number of carbonyl (C=O) groups excluding carboxylic acids is 2. The zero-order chi connectivity index (χ0) is 13.8. The summed E-state index contributed by atoms with van der Waals surface area (Å²) >= 11 is 0. The van der Waals surface area contributed by atoms with Crippen LogP contribution in [0.15, 0.2) is 0 Å². The van der Waals surface area contributed by atoms with Crippen LogP contribution >= 0.6 is 0 Å². The Labute approximate surface area is 106 Å². The number of rotatable bonds is 6. The van der Waals surface area contributed by atoms with Crippen molar-refractivity contribution in [1.29, 1.82) is 0 Å². The van der Waals surface area contributed by atoms with E-state index in [1.165, 1.54) is 0 Å². The average Bonchev–Trinajstić information content (AvgIpc) is 2.77. The van der Waals surface area contributed by atoms with Crippen LogP contribution in [0.4, 0.5) is 0 Å². The molecule has 6 nitrogen and oxygen atoms in total. The normalized spacial score (nSPS) is 19.4. The first-order chi connectivity index (χ1) is 8.45. The van der Waals surface area contributed by atoms with Gasteiger partial charge in [0.25, 0.3) is 0 Å². The largest absolute Gasteiger partial charge is 0.481 e. The molecule has 1 rings (SSSR count). The molecule has 0 aromatic carbocycles. The van der Waals surface area contributed by atoms with Gasteiger partial charge >= 0.3 is 5.97 Å². The van der Waals surface area contributed by atoms with E-state index in [-0.39, 0.29) is 18.4 Å². The van der Waals surface area contributed by atoms with Crippen LogP contribution in [-0.2, 0) is 14.4 Å². The maximum atomic E-state index is 11.8. The van der Waals surface area contributed by atoms with Crippen LogP contribution in [0, 0.1) is 5.41 Å². The van der Waals surface area contributed by atoms with Crippen LogP contribution in [0.3, 0.4) is 0 Å². The second-order valence-corrected chi connectivity index (χ2v) is 4.67. The first-order valence-corrected chi connectivity index (χ1v) is 6.25. The van der Waals surface area contributed by atoms with E-state index in [4.69, 9.17) is 0 Å². The van der Waals surface area contributed by atoms with Crippen LogP contribution < -0.4 is 10.6 Å². The number of amides is 2. The summed E-state index contributed by atoms with van der Waals surface area (Å²) in [6.07, 6.45) is 1.74. The van der Waals surface area contributed by atoms with Crippen LogP contribution in [-0.4, -0.2) is 35.5 Å². The van der Waals surface area contributed by atoms with Gasteiger partial charge in [0.05, 0.1) is 5.41 Å². The Morgan fingerprint density at radius 3 is 2.44 bits per heavy atom. The number of carbonyl (C=O) groups is 3. The third-order valence-corrected chi connectivity index (χ3v) is 3.72. The molecule has 0 bridgehead atoms. The molecule has 0 spiro atoms. The molecule has 0 aromatic rings. The minimum Gasteiger partial charge on any atom is -0.481 e. The van der Waals surface area contributed by atoms with Crippen molar-refractivity contribution in [3.8, 4) is 0 Å². The molecule has 0 unspecified atom stereocenters. The van der Waals surface area contributed by atoms with Crippen molar-refractivity contribution in [3.63, 3.8) is 0 Å². The Hall–Kier alpha value is -1.59. The number of nitrogens with one attached hydrogen (secondary N) is 2. The van der Waals surface area contributed by atoms with Gasteiger partial charge in [-0.25, -0.2) is 0 Å². The van der Waals surface area contributed by atoms with Gasteiger partial charge in [0.2, 0.25) is 11.8 Å². The van der Waals surface area contributed by atoms with Gasteiger partial charge in [-0.2, -0.15) is 0 Å². The molecule has 3 N–H and O–H groups in total. The summed E-state index contributed by atoms with van der Waals surface area (Å²) in [5.41, 5.74) is -0.918. The zero-order valence-corrected chi connectivity index (χ0v) is 10.8. The Morgan fingerprint density at radius 2 is 2.06 bits per heavy atom. The van der Waals surface area contributed by atoms with Gasteiger partial charge in [-0.15, -0.1) is 0 Å². The molecule has 1 fully saturated rings. The SMILES string of the molecule is CCC(CC)(CNC(=O)[C@H]1CCC(=O)N1)C(=O)O. The summed E-state index contributed by atoms with van der Waals surface area (Å²) < 4.78 is 0. The van der Waals surface area contributed by atoms with Gasteiger partial charge in [-0.1, -0.05) is 13.8 Å². The summed E-state index contributed by atoms with van der Waals surface area (Å²) in [4.78, 5) is 34.0. The molecule has 1 saturated heterocycles. The van der Waals surface area contributed by atoms with Crippen molar-refractivity contribution in [2.45, 2.75) is 45.6 Å². The van der Waals surface area contributed by atoms with Gasteiger partial charge in [0, 0.05) is 13.0 Å². The molecular weight excluding hydrogens is 236 g/mol. The van der Waals surface area contributed by atoms with Crippen molar-refractivity contribution < 1.29 is 19.5 Å². The molecule has 0 saturated carbocycles. The van der Waals surface area contributed by atoms with E-state index in [1.807, 2.05) is 0 Å². The van der Waals surface area contributed by atoms with E-state index in [0.717, 1.165) is 0 Å². The topological polar surface area (TPSA) is 95.5 Å². The molecule has 1 atom stereocenters. The Bertz CT molecular complexity index is 350. The lowest BCUT2D eigenvalue weighted by Gasteiger charge is -2.27. The fourth-order valence-electron chi connectivity index (χ4n) is 2.07. The predicted octanol–water partition coefficient (Wildman–Crippen LogP) is 0.272. The first kappa shape index (κ1) is 14.5. The molecular formula is C12H20N2O4. The van der Waals surface area contributed by atoms with Crippen LogP contribution in [0.5, 0.6) is 0 Å². The highest BCUT2D eigenvalue weighted by molar-refractivity contribution is 5.91. The van der Waals surface area contributed by atoms with E-state index in [2.05, 4.69) is 10.6 Å². The standard InChI is InChI=1S/C12H20N2O4/c1-3-12(4-2,11(17)18)7-13-10(16)8-5-6-9(15)14-8/h8H,3-7H2,1-2H3,(H,13,16)(H,14,15)(H,17,18)/t8-/m1/s1. The Morgan fingerprint density at radius 1 is 1.44 bits per heavy atom. The Balaban J connectivity index is 2.55. The number of carboxylic acid groups (broad SMARTS) is 1. The van der Waals surface area contributed by atoms with Crippen molar-refractivity contribution in [2.75, 3.05) is 6.54 Å². The van der Waals surface area contributed by atoms with E-state index in [9.17, 15) is 19.5 Å². The van der Waals surface area contributed by atoms with E-state index in [0.29, 0.717) is 25.7 Å². The average molecular weight is 256 g/mol. The molecule has 2 amide bonds. The van der Waals surface area contributed by atoms with Crippen molar-refractivity contribution in [3.05, 3.63) is 0 Å². The Kier molecular flexibility index (Phi) is 4.69. The molecule has 1 aliphatic rings. The third-order valence-electron chi connectivity index (χ3n) is 3.72. The fourth-order valence-corrected chi connectivity index (χ4v) is 2.07. The van der Waals surface area contributed by atoms with E-state index in [1.54, 1.807) is 13.8 Å². The number of aliphatic carboxylic acids is 1. The quantitative estimate of drug-likeness (QED) is 0.635. The highest BCUT2D eigenvalue weighted by Crippen LogP contribution is 2.25. The predicted molar refractivity (Wildman–Crippen MR) is 64.8 cm³/mol. The molecule has 0 aromatic heterocycles. The monoisotopic (exact) mass is 256 g/mol. The molecule has 6 heteroatoms. The summed E-state index contributed by atoms with van der Waals surface area (Å²) in [6, 6.07) is -0.516. The third kappa shape index (κ3) is 3.00. The summed E-state index contributed by atoms with van der Waals surface area (Å²) in [6.45, 7) is 3.68. The number of hydrogen-bond donors (Lipinski definition) is 3. The lowest BCUT2D eigenvalue weighted by molar-refractivity contribution is -0.149. The molecule has 1 aliphatic heterocycles. The van der Waals surface area contributed by atoms with Crippen LogP contribution in [0.1, 0.15) is 39.5 Å². The van der Waals surface area contributed by atoms with E-state index < -0.39 is 17.4 Å². The molecule has 0 radical (unpaired) electrons. The van der Waals surface area contributed by atoms with Gasteiger partial charge in [0.15, 0.2) is 0 Å². The highest BCUT2D eigenvalue weighted by atomic mass is 16.4. The second-order valence-electron chi connectivity index (χ2n) is 4.67. The summed E-state index contributed by atoms with van der Waals surface area (Å²) in [5.74, 6) is -1.33. The maximum Gasteiger partial charge on any atom is 0.311 e. The minimum atomic E-state index is -0.918. The smallest absolute Gasteiger partial charge is 0.311 e. The summed E-state index contributed by atoms with van der Waals surface area (Å²) in [5, 5.41) is 14.4. The van der Waals surface area contributed by atoms with Gasteiger partial charge in [-0.3, -0.25) is 14.4 Å². The summed E-state index contributed by atoms with van der Waals surface area (Å²) in [7, 11) is 0. The lowest BCUT2D eigenvalue weighted by atomic mass is 9.82. The number of carboxylic acids is 1. The maximum absolute atomic E-state index is 11.8. The zero-order valence-electron chi connectivity index (χ0n) is 10.8. The second kappa shape index (κ2) is 5.84. The lowest BCUT2D eigenvalue weighted by Crippen LogP contribution is -2.48. The van der Waals surface area contributed by atoms with Gasteiger partial charge in [-0.05, 0) is 19.3 Å². The first-order valence-electron chi connectivity index (χ1n) is 6.25. The molecule has 0 aliphatic carbocycles. The molecule has 102 valence electrons. The van der Waals surface area contributed by atoms with Crippen molar-refractivity contribution in [1.82, 2.24) is 10.6 Å². The molecule has 1 heterocycles. The highest BCUT2D eigenvalue weighted by Gasteiger charge is 2.36. The number of hydrogen-bond acceptors (Lipinski definition) is 3. The van der Waals surface area contributed by atoms with Gasteiger partial charge < -0.3 is 15.7 Å². The van der Waals surface area contributed by atoms with Crippen LogP contribution in [0.25, 0.3) is 0 Å². The van der Waals surface area contributed by atoms with Gasteiger partial charge in [0.1, 0.15) is 6.04 Å². The van der Waals surface area contributed by atoms with Crippen molar-refractivity contribution >= 4 is 17.8 Å². The minimum absolute atomic E-state index is 0.0978. The van der Waals surface area contributed by atoms with Crippen molar-refractivity contribution in [2.24, 2.45) is 5.41 Å². The van der Waals surface area contributed by atoms with E-state index >= 15 is 0 Å². The van der Waals surface area contributed by atoms with Crippen LogP contribution in [0.2, 0.25) is 0 Å². The fraction of sp³-hybridized carbons (Fsp3) is 0.750. The molecule has 18 heavy (non-hydrogen) atoms.